The summed E-state index contributed by atoms with van der Waals surface area (Å²) >= 11 is 3.22. The first-order valence-corrected chi connectivity index (χ1v) is 7.01. The van der Waals surface area contributed by atoms with Gasteiger partial charge in [0.1, 0.15) is 0 Å². The Morgan fingerprint density at radius 1 is 1.31 bits per heavy atom. The van der Waals surface area contributed by atoms with Gasteiger partial charge in [-0.05, 0) is 6.42 Å². The number of nitrogens with zero attached hydrogens (tertiary/aromatic N) is 1. The van der Waals surface area contributed by atoms with Gasteiger partial charge in [0.05, 0.1) is 19.0 Å². The van der Waals surface area contributed by atoms with Crippen LogP contribution in [0, 0.1) is 0 Å². The van der Waals surface area contributed by atoms with Crippen molar-refractivity contribution in [1.82, 2.24) is 4.31 Å². The number of hydrogen-bond donors (Lipinski definition) is 0. The van der Waals surface area contributed by atoms with E-state index in [9.17, 15) is 8.42 Å². The number of alkyl halides is 1. The first-order chi connectivity index (χ1) is 6.17. The van der Waals surface area contributed by atoms with Gasteiger partial charge in [-0.25, -0.2) is 8.42 Å². The van der Waals surface area contributed by atoms with Crippen molar-refractivity contribution in [2.24, 2.45) is 0 Å². The Balaban J connectivity index is 2.47. The maximum absolute atomic E-state index is 11.6. The number of ether oxygens (including phenoxy) is 1. The Kier molecular flexibility index (Phi) is 4.64. The smallest absolute Gasteiger partial charge is 0.214 e. The van der Waals surface area contributed by atoms with Crippen molar-refractivity contribution >= 4 is 26.0 Å². The van der Waals surface area contributed by atoms with Crippen LogP contribution in [0.2, 0.25) is 0 Å². The van der Waals surface area contributed by atoms with Crippen molar-refractivity contribution in [2.75, 3.05) is 37.4 Å². The topological polar surface area (TPSA) is 46.6 Å². The van der Waals surface area contributed by atoms with Gasteiger partial charge >= 0.3 is 0 Å². The lowest BCUT2D eigenvalue weighted by molar-refractivity contribution is 0.0730. The second-order valence-electron chi connectivity index (χ2n) is 2.87. The second-order valence-corrected chi connectivity index (χ2v) is 5.75. The fourth-order valence-corrected chi connectivity index (χ4v) is 3.32. The van der Waals surface area contributed by atoms with Gasteiger partial charge in [-0.2, -0.15) is 4.31 Å². The molecule has 0 spiro atoms. The molecule has 78 valence electrons. The maximum atomic E-state index is 11.6. The van der Waals surface area contributed by atoms with E-state index in [0.717, 1.165) is 5.33 Å². The molecule has 0 N–H and O–H groups in total. The predicted octanol–water partition coefficient (Wildman–Crippen LogP) is 0.433. The number of rotatable bonds is 4. The van der Waals surface area contributed by atoms with Gasteiger partial charge in [0.25, 0.3) is 0 Å². The minimum Gasteiger partial charge on any atom is -0.379 e. The van der Waals surface area contributed by atoms with Crippen LogP contribution in [0.15, 0.2) is 0 Å². The van der Waals surface area contributed by atoms with E-state index in [1.54, 1.807) is 0 Å². The van der Waals surface area contributed by atoms with Crippen LogP contribution in [0.1, 0.15) is 6.42 Å². The normalized spacial score (nSPS) is 20.4. The van der Waals surface area contributed by atoms with Gasteiger partial charge in [-0.3, -0.25) is 0 Å². The Labute approximate surface area is 87.4 Å². The van der Waals surface area contributed by atoms with Gasteiger partial charge in [-0.1, -0.05) is 15.9 Å². The largest absolute Gasteiger partial charge is 0.379 e. The Morgan fingerprint density at radius 3 is 2.46 bits per heavy atom. The number of hydrogen-bond acceptors (Lipinski definition) is 3. The highest BCUT2D eigenvalue weighted by molar-refractivity contribution is 9.09. The molecule has 0 aromatic carbocycles. The molecule has 0 aromatic heterocycles. The summed E-state index contributed by atoms with van der Waals surface area (Å²) in [5, 5.41) is 0.733. The molecule has 0 saturated carbocycles. The van der Waals surface area contributed by atoms with Crippen LogP contribution in [0.4, 0.5) is 0 Å². The third-order valence-electron chi connectivity index (χ3n) is 1.90. The highest BCUT2D eigenvalue weighted by Gasteiger charge is 2.23. The monoisotopic (exact) mass is 271 g/mol. The number of morpholine rings is 1. The van der Waals surface area contributed by atoms with Crippen LogP contribution < -0.4 is 0 Å². The molecule has 1 saturated heterocycles. The summed E-state index contributed by atoms with van der Waals surface area (Å²) in [4.78, 5) is 0. The van der Waals surface area contributed by atoms with Gasteiger partial charge in [0.2, 0.25) is 10.0 Å². The fourth-order valence-electron chi connectivity index (χ4n) is 1.19. The number of sulfonamides is 1. The summed E-state index contributed by atoms with van der Waals surface area (Å²) in [6, 6.07) is 0. The molecule has 1 rings (SSSR count). The highest BCUT2D eigenvalue weighted by atomic mass is 79.9. The van der Waals surface area contributed by atoms with Gasteiger partial charge in [-0.15, -0.1) is 0 Å². The molecule has 1 aliphatic heterocycles. The molecule has 1 fully saturated rings. The van der Waals surface area contributed by atoms with Gasteiger partial charge in [0.15, 0.2) is 0 Å². The summed E-state index contributed by atoms with van der Waals surface area (Å²) < 4.78 is 29.8. The van der Waals surface area contributed by atoms with Crippen LogP contribution in [-0.4, -0.2) is 50.1 Å². The van der Waals surface area contributed by atoms with Crippen molar-refractivity contribution in [2.45, 2.75) is 6.42 Å². The van der Waals surface area contributed by atoms with Crippen molar-refractivity contribution in [3.8, 4) is 0 Å². The molecule has 13 heavy (non-hydrogen) atoms. The van der Waals surface area contributed by atoms with Crippen molar-refractivity contribution in [1.29, 1.82) is 0 Å². The van der Waals surface area contributed by atoms with E-state index >= 15 is 0 Å². The molecule has 1 heterocycles. The molecule has 6 heteroatoms. The van der Waals surface area contributed by atoms with E-state index < -0.39 is 10.0 Å². The Hall–Kier alpha value is 0.350. The lowest BCUT2D eigenvalue weighted by Gasteiger charge is -2.25. The summed E-state index contributed by atoms with van der Waals surface area (Å²) in [5.74, 6) is 0.234. The first kappa shape index (κ1) is 11.4. The molecule has 0 bridgehead atoms. The molecule has 0 unspecified atom stereocenters. The molecule has 0 atom stereocenters. The van der Waals surface area contributed by atoms with E-state index in [1.807, 2.05) is 0 Å². The molecule has 0 radical (unpaired) electrons. The average Bonchev–Trinajstić information content (AvgIpc) is 2.16. The van der Waals surface area contributed by atoms with Crippen molar-refractivity contribution < 1.29 is 13.2 Å². The van der Waals surface area contributed by atoms with Crippen molar-refractivity contribution in [3.63, 3.8) is 0 Å². The predicted molar refractivity (Wildman–Crippen MR) is 54.6 cm³/mol. The molecule has 0 amide bonds. The minimum atomic E-state index is -3.02. The molecule has 4 nitrogen and oxygen atoms in total. The molecular formula is C7H14BrNO3S. The lowest BCUT2D eigenvalue weighted by atomic mass is 10.5. The van der Waals surface area contributed by atoms with E-state index in [2.05, 4.69) is 15.9 Å². The maximum Gasteiger partial charge on any atom is 0.214 e. The highest BCUT2D eigenvalue weighted by Crippen LogP contribution is 2.07. The summed E-state index contributed by atoms with van der Waals surface area (Å²) in [5.41, 5.74) is 0. The molecule has 0 aromatic rings. The Morgan fingerprint density at radius 2 is 1.92 bits per heavy atom. The fraction of sp³-hybridized carbons (Fsp3) is 1.00. The van der Waals surface area contributed by atoms with E-state index in [-0.39, 0.29) is 5.75 Å². The average molecular weight is 272 g/mol. The number of halogens is 1. The lowest BCUT2D eigenvalue weighted by Crippen LogP contribution is -2.41. The van der Waals surface area contributed by atoms with Crippen molar-refractivity contribution in [3.05, 3.63) is 0 Å². The van der Waals surface area contributed by atoms with Crippen LogP contribution in [0.25, 0.3) is 0 Å². The summed E-state index contributed by atoms with van der Waals surface area (Å²) in [6.45, 7) is 2.05. The Bertz CT molecular complexity index is 236. The second kappa shape index (κ2) is 5.29. The minimum absolute atomic E-state index is 0.234. The zero-order valence-corrected chi connectivity index (χ0v) is 9.81. The third-order valence-corrected chi connectivity index (χ3v) is 4.42. The van der Waals surface area contributed by atoms with Gasteiger partial charge < -0.3 is 4.74 Å². The SMILES string of the molecule is O=S(=O)(CCCBr)N1CCOCC1. The molecule has 1 aliphatic rings. The van der Waals surface area contributed by atoms with E-state index in [1.165, 1.54) is 4.31 Å². The zero-order chi connectivity index (χ0) is 9.73. The van der Waals surface area contributed by atoms with Crippen LogP contribution in [0.5, 0.6) is 0 Å². The third kappa shape index (κ3) is 3.53. The molecular weight excluding hydrogens is 258 g/mol. The molecule has 0 aliphatic carbocycles. The van der Waals surface area contributed by atoms with Gasteiger partial charge in [0, 0.05) is 18.4 Å². The standard InChI is InChI=1S/C7H14BrNO3S/c8-2-1-7-13(10,11)9-3-5-12-6-4-9/h1-7H2. The van der Waals surface area contributed by atoms with Crippen LogP contribution in [-0.2, 0) is 14.8 Å². The van der Waals surface area contributed by atoms with Crippen LogP contribution >= 0.6 is 15.9 Å². The van der Waals surface area contributed by atoms with E-state index in [0.29, 0.717) is 32.7 Å². The quantitative estimate of drug-likeness (QED) is 0.697. The summed E-state index contributed by atoms with van der Waals surface area (Å²) in [7, 11) is -3.02. The first-order valence-electron chi connectivity index (χ1n) is 4.28. The zero-order valence-electron chi connectivity index (χ0n) is 7.41. The van der Waals surface area contributed by atoms with E-state index in [4.69, 9.17) is 4.74 Å². The van der Waals surface area contributed by atoms with Crippen LogP contribution in [0.3, 0.4) is 0 Å². The summed E-state index contributed by atoms with van der Waals surface area (Å²) in [6.07, 6.45) is 0.666.